The van der Waals surface area contributed by atoms with Crippen LogP contribution in [0, 0.1) is 6.92 Å². The van der Waals surface area contributed by atoms with Gasteiger partial charge in [-0.05, 0) is 30.7 Å². The summed E-state index contributed by atoms with van der Waals surface area (Å²) in [4.78, 5) is 25.9. The van der Waals surface area contributed by atoms with E-state index in [0.717, 1.165) is 11.6 Å². The molecule has 1 fully saturated rings. The van der Waals surface area contributed by atoms with Crippen molar-refractivity contribution < 1.29 is 27.9 Å². The Hall–Kier alpha value is -3.03. The minimum atomic E-state index is -4.50. The molecule has 3 rings (SSSR count). The zero-order chi connectivity index (χ0) is 20.5. The second kappa shape index (κ2) is 7.53. The molecule has 1 heterocycles. The number of amides is 2. The van der Waals surface area contributed by atoms with Crippen LogP contribution in [-0.2, 0) is 17.5 Å². The summed E-state index contributed by atoms with van der Waals surface area (Å²) in [6.07, 6.45) is -4.51. The number of aryl methyl sites for hydroxylation is 1. The Morgan fingerprint density at radius 2 is 1.96 bits per heavy atom. The molecule has 148 valence electrons. The average molecular weight is 392 g/mol. The maximum atomic E-state index is 13.1. The molecule has 1 aliphatic heterocycles. The third-order valence-corrected chi connectivity index (χ3v) is 4.63. The van der Waals surface area contributed by atoms with E-state index in [9.17, 15) is 27.9 Å². The van der Waals surface area contributed by atoms with E-state index in [1.54, 1.807) is 13.0 Å². The Morgan fingerprint density at radius 3 is 2.68 bits per heavy atom. The van der Waals surface area contributed by atoms with Gasteiger partial charge in [0.25, 0.3) is 5.91 Å². The molecule has 0 unspecified atom stereocenters. The number of nitrogens with zero attached hydrogens (tertiary/aromatic N) is 1. The summed E-state index contributed by atoms with van der Waals surface area (Å²) < 4.78 is 39.4. The average Bonchev–Trinajstić information content (AvgIpc) is 2.95. The highest BCUT2D eigenvalue weighted by molar-refractivity contribution is 5.97. The fraction of sp³-hybridized carbons (Fsp3) is 0.300. The van der Waals surface area contributed by atoms with Gasteiger partial charge in [-0.15, -0.1) is 0 Å². The first kappa shape index (κ1) is 19.7. The van der Waals surface area contributed by atoms with Crippen molar-refractivity contribution in [1.29, 1.82) is 0 Å². The number of phenols is 1. The maximum absolute atomic E-state index is 13.1. The quantitative estimate of drug-likeness (QED) is 0.839. The number of nitrogens with one attached hydrogen (secondary N) is 1. The van der Waals surface area contributed by atoms with Gasteiger partial charge in [0.05, 0.1) is 17.2 Å². The first-order chi connectivity index (χ1) is 13.1. The summed E-state index contributed by atoms with van der Waals surface area (Å²) in [7, 11) is 0. The van der Waals surface area contributed by atoms with E-state index >= 15 is 0 Å². The number of likely N-dealkylation sites (tertiary alicyclic amines) is 1. The first-order valence-corrected chi connectivity index (χ1v) is 8.68. The normalized spacial score (nSPS) is 17.1. The lowest BCUT2D eigenvalue weighted by Gasteiger charge is -2.20. The lowest BCUT2D eigenvalue weighted by molar-refractivity contribution is -0.139. The Balaban J connectivity index is 1.69. The summed E-state index contributed by atoms with van der Waals surface area (Å²) in [5.74, 6) is -1.05. The summed E-state index contributed by atoms with van der Waals surface area (Å²) >= 11 is 0. The molecule has 0 aliphatic carbocycles. The summed E-state index contributed by atoms with van der Waals surface area (Å²) in [5.41, 5.74) is 0.107. The van der Waals surface area contributed by atoms with Crippen molar-refractivity contribution >= 4 is 11.8 Å². The van der Waals surface area contributed by atoms with Gasteiger partial charge < -0.3 is 15.3 Å². The second-order valence-corrected chi connectivity index (χ2v) is 6.82. The van der Waals surface area contributed by atoms with Crippen molar-refractivity contribution in [3.8, 4) is 5.75 Å². The van der Waals surface area contributed by atoms with E-state index in [1.165, 1.54) is 35.2 Å². The number of hydrogen-bond donors (Lipinski definition) is 2. The van der Waals surface area contributed by atoms with Crippen LogP contribution in [0.25, 0.3) is 0 Å². The van der Waals surface area contributed by atoms with Crippen LogP contribution in [0.5, 0.6) is 5.75 Å². The largest absolute Gasteiger partial charge is 0.507 e. The molecule has 1 saturated heterocycles. The third kappa shape index (κ3) is 4.27. The number of benzene rings is 2. The van der Waals surface area contributed by atoms with Crippen LogP contribution >= 0.6 is 0 Å². The predicted octanol–water partition coefficient (Wildman–Crippen LogP) is 3.25. The predicted molar refractivity (Wildman–Crippen MR) is 95.6 cm³/mol. The van der Waals surface area contributed by atoms with Gasteiger partial charge in [-0.25, -0.2) is 0 Å². The third-order valence-electron chi connectivity index (χ3n) is 4.63. The van der Waals surface area contributed by atoms with Crippen LogP contribution in [0.4, 0.5) is 13.2 Å². The zero-order valence-corrected chi connectivity index (χ0v) is 15.1. The van der Waals surface area contributed by atoms with Crippen LogP contribution in [0.3, 0.4) is 0 Å². The van der Waals surface area contributed by atoms with Gasteiger partial charge in [0.15, 0.2) is 0 Å². The van der Waals surface area contributed by atoms with Crippen LogP contribution < -0.4 is 5.32 Å². The molecule has 0 bridgehead atoms. The fourth-order valence-corrected chi connectivity index (χ4v) is 3.26. The molecule has 0 aromatic heterocycles. The number of hydrogen-bond acceptors (Lipinski definition) is 3. The molecule has 2 amide bonds. The molecule has 2 aromatic rings. The number of alkyl halides is 3. The molecule has 8 heteroatoms. The number of rotatable bonds is 4. The van der Waals surface area contributed by atoms with Gasteiger partial charge in [-0.3, -0.25) is 9.59 Å². The van der Waals surface area contributed by atoms with Crippen LogP contribution in [-0.4, -0.2) is 34.4 Å². The molecular weight excluding hydrogens is 373 g/mol. The van der Waals surface area contributed by atoms with Gasteiger partial charge in [-0.1, -0.05) is 29.8 Å². The highest BCUT2D eigenvalue weighted by atomic mass is 19.4. The van der Waals surface area contributed by atoms with E-state index in [2.05, 4.69) is 5.32 Å². The maximum Gasteiger partial charge on any atom is 0.416 e. The highest BCUT2D eigenvalue weighted by Gasteiger charge is 2.36. The number of carbonyl (C=O) groups is 2. The summed E-state index contributed by atoms with van der Waals surface area (Å²) in [6, 6.07) is 9.16. The minimum absolute atomic E-state index is 0.00616. The van der Waals surface area contributed by atoms with Gasteiger partial charge >= 0.3 is 6.18 Å². The molecule has 2 N–H and O–H groups in total. The van der Waals surface area contributed by atoms with Gasteiger partial charge in [0.1, 0.15) is 5.75 Å². The standard InChI is InChI=1S/C20H19F3N2O3/c1-12-6-7-17(26)15(8-12)19(28)24-14-9-18(27)25(11-14)10-13-4-2-3-5-16(13)20(21,22)23/h2-8,14,26H,9-11H2,1H3,(H,24,28)/t14-/m1/s1. The number of aromatic hydroxyl groups is 1. The van der Waals surface area contributed by atoms with Crippen molar-refractivity contribution in [2.24, 2.45) is 0 Å². The Bertz CT molecular complexity index is 912. The first-order valence-electron chi connectivity index (χ1n) is 8.68. The highest BCUT2D eigenvalue weighted by Crippen LogP contribution is 2.33. The Morgan fingerprint density at radius 1 is 1.25 bits per heavy atom. The molecule has 0 saturated carbocycles. The second-order valence-electron chi connectivity index (χ2n) is 6.82. The lowest BCUT2D eigenvalue weighted by atomic mass is 10.1. The molecule has 28 heavy (non-hydrogen) atoms. The van der Waals surface area contributed by atoms with Gasteiger partial charge in [-0.2, -0.15) is 13.2 Å². The van der Waals surface area contributed by atoms with Crippen molar-refractivity contribution in [2.45, 2.75) is 32.1 Å². The van der Waals surface area contributed by atoms with E-state index in [1.807, 2.05) is 0 Å². The number of phenolic OH excluding ortho intramolecular Hbond substituents is 1. The Labute approximate surface area is 159 Å². The van der Waals surface area contributed by atoms with Gasteiger partial charge in [0, 0.05) is 19.5 Å². The van der Waals surface area contributed by atoms with Crippen LogP contribution in [0.15, 0.2) is 42.5 Å². The van der Waals surface area contributed by atoms with E-state index in [0.29, 0.717) is 0 Å². The van der Waals surface area contributed by atoms with Gasteiger partial charge in [0.2, 0.25) is 5.91 Å². The van der Waals surface area contributed by atoms with Crippen LogP contribution in [0.2, 0.25) is 0 Å². The SMILES string of the molecule is Cc1ccc(O)c(C(=O)N[C@@H]2CC(=O)N(Cc3ccccc3C(F)(F)F)C2)c1. The molecular formula is C20H19F3N2O3. The smallest absolute Gasteiger partial charge is 0.416 e. The van der Waals surface area contributed by atoms with Crippen molar-refractivity contribution in [3.63, 3.8) is 0 Å². The molecule has 0 spiro atoms. The number of carbonyl (C=O) groups excluding carboxylic acids is 2. The fourth-order valence-electron chi connectivity index (χ4n) is 3.26. The topological polar surface area (TPSA) is 69.6 Å². The minimum Gasteiger partial charge on any atom is -0.507 e. The summed E-state index contributed by atoms with van der Waals surface area (Å²) in [6.45, 7) is 1.69. The van der Waals surface area contributed by atoms with Crippen molar-refractivity contribution in [1.82, 2.24) is 10.2 Å². The summed E-state index contributed by atoms with van der Waals surface area (Å²) in [5, 5.41) is 12.5. The zero-order valence-electron chi connectivity index (χ0n) is 15.1. The van der Waals surface area contributed by atoms with E-state index in [-0.39, 0.29) is 42.3 Å². The van der Waals surface area contributed by atoms with E-state index in [4.69, 9.17) is 0 Å². The monoisotopic (exact) mass is 392 g/mol. The Kier molecular flexibility index (Phi) is 5.31. The molecule has 1 aliphatic rings. The van der Waals surface area contributed by atoms with Crippen LogP contribution in [0.1, 0.15) is 33.5 Å². The molecule has 0 radical (unpaired) electrons. The molecule has 5 nitrogen and oxygen atoms in total. The van der Waals surface area contributed by atoms with Crippen molar-refractivity contribution in [2.75, 3.05) is 6.54 Å². The van der Waals surface area contributed by atoms with Crippen molar-refractivity contribution in [3.05, 3.63) is 64.7 Å². The molecule has 2 aromatic carbocycles. The number of halogens is 3. The lowest BCUT2D eigenvalue weighted by Crippen LogP contribution is -2.37. The van der Waals surface area contributed by atoms with E-state index < -0.39 is 23.7 Å². The molecule has 1 atom stereocenters.